The monoisotopic (exact) mass is 284 g/mol. The highest BCUT2D eigenvalue weighted by Gasteiger charge is 2.28. The number of hydrogen-bond donors (Lipinski definition) is 1. The van der Waals surface area contributed by atoms with Crippen LogP contribution in [0.2, 0.25) is 0 Å². The maximum absolute atomic E-state index is 10.5. The fourth-order valence-corrected chi connectivity index (χ4v) is 2.48. The topological polar surface area (TPSA) is 38.7 Å². The van der Waals surface area contributed by atoms with Gasteiger partial charge in [-0.1, -0.05) is 50.2 Å². The van der Waals surface area contributed by atoms with Crippen LogP contribution in [0.15, 0.2) is 48.5 Å². The summed E-state index contributed by atoms with van der Waals surface area (Å²) < 4.78 is 11.5. The third-order valence-electron chi connectivity index (χ3n) is 3.83. The first kappa shape index (κ1) is 14.0. The molecule has 110 valence electrons. The van der Waals surface area contributed by atoms with Crippen LogP contribution in [0.5, 0.6) is 11.5 Å². The predicted molar refractivity (Wildman–Crippen MR) is 81.8 cm³/mol. The van der Waals surface area contributed by atoms with Crippen molar-refractivity contribution in [3.05, 3.63) is 59.7 Å². The predicted octanol–water partition coefficient (Wildman–Crippen LogP) is 3.68. The smallest absolute Gasteiger partial charge is 0.163 e. The molecule has 0 aromatic heterocycles. The highest BCUT2D eigenvalue weighted by molar-refractivity contribution is 5.41. The Hall–Kier alpha value is -2.00. The minimum atomic E-state index is -0.695. The summed E-state index contributed by atoms with van der Waals surface area (Å²) in [5.74, 6) is 1.90. The van der Waals surface area contributed by atoms with Gasteiger partial charge in [-0.05, 0) is 29.2 Å². The van der Waals surface area contributed by atoms with Gasteiger partial charge in [0.15, 0.2) is 17.6 Å². The second kappa shape index (κ2) is 5.78. The molecule has 2 aromatic rings. The lowest BCUT2D eigenvalue weighted by molar-refractivity contribution is -0.0113. The van der Waals surface area contributed by atoms with E-state index in [9.17, 15) is 5.11 Å². The summed E-state index contributed by atoms with van der Waals surface area (Å²) in [6.45, 7) is 4.66. The lowest BCUT2D eigenvalue weighted by Gasteiger charge is -2.29. The number of hydrogen-bond acceptors (Lipinski definition) is 3. The number of fused-ring (bicyclic) bond motifs is 1. The first-order valence-electron chi connectivity index (χ1n) is 7.31. The van der Waals surface area contributed by atoms with Crippen molar-refractivity contribution in [2.24, 2.45) is 0 Å². The van der Waals surface area contributed by atoms with Crippen LogP contribution in [0.3, 0.4) is 0 Å². The summed E-state index contributed by atoms with van der Waals surface area (Å²) in [5.41, 5.74) is 2.12. The van der Waals surface area contributed by atoms with E-state index in [2.05, 4.69) is 26.0 Å². The lowest BCUT2D eigenvalue weighted by Crippen LogP contribution is -2.34. The second-order valence-electron chi connectivity index (χ2n) is 5.68. The molecule has 0 fully saturated rings. The number of aliphatic hydroxyl groups is 1. The average molecular weight is 284 g/mol. The molecule has 0 bridgehead atoms. The quantitative estimate of drug-likeness (QED) is 0.934. The molecule has 2 aromatic carbocycles. The SMILES string of the molecule is CC(C)c1ccc(C(O)C2COc3ccccc3O2)cc1. The van der Waals surface area contributed by atoms with E-state index in [1.54, 1.807) is 0 Å². The van der Waals surface area contributed by atoms with Gasteiger partial charge in [0.25, 0.3) is 0 Å². The van der Waals surface area contributed by atoms with Crippen LogP contribution in [0.1, 0.15) is 37.0 Å². The zero-order chi connectivity index (χ0) is 14.8. The van der Waals surface area contributed by atoms with Crippen LogP contribution in [-0.2, 0) is 0 Å². The maximum Gasteiger partial charge on any atom is 0.163 e. The molecule has 0 saturated heterocycles. The normalized spacial score (nSPS) is 18.6. The van der Waals surface area contributed by atoms with Crippen LogP contribution >= 0.6 is 0 Å². The Bertz CT molecular complexity index is 604. The summed E-state index contributed by atoms with van der Waals surface area (Å²) >= 11 is 0. The summed E-state index contributed by atoms with van der Waals surface area (Å²) in [7, 11) is 0. The molecule has 3 heteroatoms. The van der Waals surface area contributed by atoms with E-state index in [4.69, 9.17) is 9.47 Å². The highest BCUT2D eigenvalue weighted by atomic mass is 16.6. The van der Waals surface area contributed by atoms with E-state index in [-0.39, 0.29) is 6.10 Å². The number of aliphatic hydroxyl groups excluding tert-OH is 1. The Morgan fingerprint density at radius 1 is 0.952 bits per heavy atom. The van der Waals surface area contributed by atoms with Crippen molar-refractivity contribution in [2.75, 3.05) is 6.61 Å². The number of ether oxygens (including phenoxy) is 2. The minimum absolute atomic E-state index is 0.351. The molecule has 0 amide bonds. The Morgan fingerprint density at radius 3 is 2.24 bits per heavy atom. The minimum Gasteiger partial charge on any atom is -0.486 e. The Kier molecular flexibility index (Phi) is 3.84. The molecule has 0 saturated carbocycles. The molecular formula is C18H20O3. The van der Waals surface area contributed by atoms with E-state index >= 15 is 0 Å². The second-order valence-corrected chi connectivity index (χ2v) is 5.68. The van der Waals surface area contributed by atoms with Gasteiger partial charge in [-0.25, -0.2) is 0 Å². The molecule has 1 N–H and O–H groups in total. The van der Waals surface area contributed by atoms with Gasteiger partial charge in [-0.2, -0.15) is 0 Å². The van der Waals surface area contributed by atoms with E-state index in [0.717, 1.165) is 11.3 Å². The summed E-state index contributed by atoms with van der Waals surface area (Å²) in [6, 6.07) is 15.6. The molecule has 1 aliphatic rings. The zero-order valence-electron chi connectivity index (χ0n) is 12.3. The van der Waals surface area contributed by atoms with Crippen molar-refractivity contribution in [2.45, 2.75) is 32.0 Å². The third kappa shape index (κ3) is 2.88. The van der Waals surface area contributed by atoms with Gasteiger partial charge in [0.05, 0.1) is 0 Å². The third-order valence-corrected chi connectivity index (χ3v) is 3.83. The van der Waals surface area contributed by atoms with Crippen LogP contribution in [0, 0.1) is 0 Å². The van der Waals surface area contributed by atoms with Crippen LogP contribution in [0.25, 0.3) is 0 Å². The van der Waals surface area contributed by atoms with Crippen LogP contribution in [0.4, 0.5) is 0 Å². The fraction of sp³-hybridized carbons (Fsp3) is 0.333. The lowest BCUT2D eigenvalue weighted by atomic mass is 9.98. The maximum atomic E-state index is 10.5. The first-order chi connectivity index (χ1) is 10.1. The first-order valence-corrected chi connectivity index (χ1v) is 7.31. The van der Waals surface area contributed by atoms with Gasteiger partial charge in [0.2, 0.25) is 0 Å². The van der Waals surface area contributed by atoms with Crippen LogP contribution in [-0.4, -0.2) is 17.8 Å². The molecule has 0 spiro atoms. The Balaban J connectivity index is 1.75. The van der Waals surface area contributed by atoms with Gasteiger partial charge < -0.3 is 14.6 Å². The number of benzene rings is 2. The average Bonchev–Trinajstić information content (AvgIpc) is 2.54. The van der Waals surface area contributed by atoms with Crippen molar-refractivity contribution < 1.29 is 14.6 Å². The van der Waals surface area contributed by atoms with Crippen molar-refractivity contribution in [3.8, 4) is 11.5 Å². The molecule has 1 heterocycles. The molecule has 2 atom stereocenters. The van der Waals surface area contributed by atoms with Gasteiger partial charge in [-0.15, -0.1) is 0 Å². The molecular weight excluding hydrogens is 264 g/mol. The molecule has 1 aliphatic heterocycles. The standard InChI is InChI=1S/C18H20O3/c1-12(2)13-7-9-14(10-8-13)18(19)17-11-20-15-5-3-4-6-16(15)21-17/h3-10,12,17-19H,11H2,1-2H3. The van der Waals surface area contributed by atoms with Gasteiger partial charge >= 0.3 is 0 Å². The molecule has 0 aliphatic carbocycles. The molecule has 3 nitrogen and oxygen atoms in total. The molecule has 2 unspecified atom stereocenters. The number of para-hydroxylation sites is 2. The summed E-state index contributed by atoms with van der Waals surface area (Å²) in [4.78, 5) is 0. The van der Waals surface area contributed by atoms with Crippen LogP contribution < -0.4 is 9.47 Å². The highest BCUT2D eigenvalue weighted by Crippen LogP contribution is 2.34. The van der Waals surface area contributed by atoms with E-state index < -0.39 is 6.10 Å². The van der Waals surface area contributed by atoms with E-state index in [1.165, 1.54) is 5.56 Å². The molecule has 3 rings (SSSR count). The molecule has 21 heavy (non-hydrogen) atoms. The van der Waals surface area contributed by atoms with Crippen molar-refractivity contribution in [3.63, 3.8) is 0 Å². The molecule has 0 radical (unpaired) electrons. The van der Waals surface area contributed by atoms with E-state index in [1.807, 2.05) is 36.4 Å². The van der Waals surface area contributed by atoms with Crippen molar-refractivity contribution in [1.82, 2.24) is 0 Å². The Morgan fingerprint density at radius 2 is 1.57 bits per heavy atom. The largest absolute Gasteiger partial charge is 0.486 e. The van der Waals surface area contributed by atoms with Crippen molar-refractivity contribution in [1.29, 1.82) is 0 Å². The number of rotatable bonds is 3. The zero-order valence-corrected chi connectivity index (χ0v) is 12.3. The van der Waals surface area contributed by atoms with Gasteiger partial charge in [0.1, 0.15) is 12.7 Å². The summed E-state index contributed by atoms with van der Waals surface area (Å²) in [5, 5.41) is 10.5. The van der Waals surface area contributed by atoms with Crippen molar-refractivity contribution >= 4 is 0 Å². The Labute approximate surface area is 125 Å². The van der Waals surface area contributed by atoms with E-state index in [0.29, 0.717) is 18.3 Å². The van der Waals surface area contributed by atoms with Gasteiger partial charge in [-0.3, -0.25) is 0 Å². The van der Waals surface area contributed by atoms with Gasteiger partial charge in [0, 0.05) is 0 Å². The fourth-order valence-electron chi connectivity index (χ4n) is 2.48. The summed E-state index contributed by atoms with van der Waals surface area (Å²) in [6.07, 6.45) is -1.08.